The van der Waals surface area contributed by atoms with E-state index in [9.17, 15) is 13.2 Å². The molecule has 0 aliphatic heterocycles. The molecule has 1 aromatic carbocycles. The van der Waals surface area contributed by atoms with Crippen molar-refractivity contribution in [1.82, 2.24) is 9.19 Å². The molecule has 0 fully saturated rings. The van der Waals surface area contributed by atoms with Crippen LogP contribution in [0, 0.1) is 0 Å². The average molecular weight is 316 g/mol. The van der Waals surface area contributed by atoms with Crippen molar-refractivity contribution in [2.24, 2.45) is 0 Å². The van der Waals surface area contributed by atoms with Crippen molar-refractivity contribution in [3.8, 4) is 5.88 Å². The van der Waals surface area contributed by atoms with Crippen molar-refractivity contribution in [3.05, 3.63) is 40.9 Å². The number of carbonyl (C=O) groups excluding carboxylic acids is 1. The molecule has 0 aliphatic carbocycles. The van der Waals surface area contributed by atoms with E-state index in [0.29, 0.717) is 4.09 Å². The van der Waals surface area contributed by atoms with Crippen LogP contribution in [0.25, 0.3) is 0 Å². The summed E-state index contributed by atoms with van der Waals surface area (Å²) < 4.78 is 28.2. The van der Waals surface area contributed by atoms with Gasteiger partial charge in [-0.15, -0.1) is 9.19 Å². The van der Waals surface area contributed by atoms with Crippen LogP contribution in [0.5, 0.6) is 5.88 Å². The maximum atomic E-state index is 11.9. The van der Waals surface area contributed by atoms with Crippen LogP contribution in [0.4, 0.5) is 5.82 Å². The minimum absolute atomic E-state index is 0.140. The first kappa shape index (κ1) is 14.4. The minimum atomic E-state index is -3.66. The Morgan fingerprint density at radius 3 is 2.60 bits per heavy atom. The Kier molecular flexibility index (Phi) is 3.69. The molecule has 1 heterocycles. The van der Waals surface area contributed by atoms with Crippen molar-refractivity contribution >= 4 is 33.4 Å². The Labute approximate surface area is 120 Å². The molecule has 0 spiro atoms. The first-order chi connectivity index (χ1) is 9.29. The summed E-state index contributed by atoms with van der Waals surface area (Å²) in [7, 11) is -3.66. The third-order valence-corrected chi connectivity index (χ3v) is 3.54. The highest BCUT2D eigenvalue weighted by molar-refractivity contribution is 7.89. The highest BCUT2D eigenvalue weighted by Crippen LogP contribution is 2.20. The molecular weight excluding hydrogens is 306 g/mol. The average Bonchev–Trinajstić information content (AvgIpc) is 2.70. The molecule has 9 heteroatoms. The summed E-state index contributed by atoms with van der Waals surface area (Å²) in [5.41, 5.74) is 5.62. The molecule has 106 valence electrons. The lowest BCUT2D eigenvalue weighted by Gasteiger charge is -2.02. The molecule has 0 amide bonds. The quantitative estimate of drug-likeness (QED) is 0.852. The van der Waals surface area contributed by atoms with Crippen LogP contribution in [0.2, 0.25) is 5.02 Å². The summed E-state index contributed by atoms with van der Waals surface area (Å²) in [4.78, 5) is 11.9. The van der Waals surface area contributed by atoms with Crippen LogP contribution in [0.15, 0.2) is 30.3 Å². The maximum Gasteiger partial charge on any atom is 0.346 e. The first-order valence-electron chi connectivity index (χ1n) is 5.32. The van der Waals surface area contributed by atoms with Crippen molar-refractivity contribution in [2.45, 2.75) is 0 Å². The summed E-state index contributed by atoms with van der Waals surface area (Å²) in [5.74, 6) is -1.14. The highest BCUT2D eigenvalue weighted by Gasteiger charge is 2.18. The van der Waals surface area contributed by atoms with Gasteiger partial charge in [0.15, 0.2) is 0 Å². The number of aromatic nitrogens is 2. The number of hydrogen-bond acceptors (Lipinski definition) is 6. The molecule has 0 radical (unpaired) electrons. The van der Waals surface area contributed by atoms with E-state index in [2.05, 4.69) is 5.10 Å². The topological polar surface area (TPSA) is 104 Å². The third-order valence-electron chi connectivity index (χ3n) is 2.29. The van der Waals surface area contributed by atoms with Crippen molar-refractivity contribution in [1.29, 1.82) is 0 Å². The lowest BCUT2D eigenvalue weighted by molar-refractivity contribution is 0.0727. The Bertz CT molecular complexity index is 770. The number of benzene rings is 1. The molecule has 2 rings (SSSR count). The smallest absolute Gasteiger partial charge is 0.346 e. The van der Waals surface area contributed by atoms with Gasteiger partial charge < -0.3 is 10.5 Å². The number of carbonyl (C=O) groups is 1. The fourth-order valence-electron chi connectivity index (χ4n) is 1.45. The number of nitrogen functional groups attached to an aromatic ring is 1. The number of nitrogens with two attached hydrogens (primary N) is 1. The molecular formula is C11H10ClN3O4S. The van der Waals surface area contributed by atoms with E-state index in [0.717, 1.165) is 12.3 Å². The zero-order valence-corrected chi connectivity index (χ0v) is 11.9. The Morgan fingerprint density at radius 2 is 2.05 bits per heavy atom. The van der Waals surface area contributed by atoms with Crippen molar-refractivity contribution in [2.75, 3.05) is 12.0 Å². The summed E-state index contributed by atoms with van der Waals surface area (Å²) >= 11 is 5.85. The second-order valence-corrected chi connectivity index (χ2v) is 6.10. The van der Waals surface area contributed by atoms with Gasteiger partial charge >= 0.3 is 5.97 Å². The molecule has 0 bridgehead atoms. The second kappa shape index (κ2) is 5.14. The zero-order valence-electron chi connectivity index (χ0n) is 10.3. The normalized spacial score (nSPS) is 11.3. The Hall–Kier alpha value is -2.06. The summed E-state index contributed by atoms with van der Waals surface area (Å²) in [6.07, 6.45) is 0.927. The molecule has 2 N–H and O–H groups in total. The molecule has 2 aromatic rings. The van der Waals surface area contributed by atoms with E-state index in [1.807, 2.05) is 0 Å². The van der Waals surface area contributed by atoms with Gasteiger partial charge in [-0.25, -0.2) is 13.2 Å². The number of rotatable bonds is 3. The fraction of sp³-hybridized carbons (Fsp3) is 0.0909. The first-order valence-corrected chi connectivity index (χ1v) is 7.54. The summed E-state index contributed by atoms with van der Waals surface area (Å²) in [6, 6.07) is 7.42. The van der Waals surface area contributed by atoms with Crippen LogP contribution in [-0.2, 0) is 10.0 Å². The predicted molar refractivity (Wildman–Crippen MR) is 73.3 cm³/mol. The van der Waals surface area contributed by atoms with Crippen molar-refractivity contribution in [3.63, 3.8) is 0 Å². The lowest BCUT2D eigenvalue weighted by atomic mass is 10.2. The van der Waals surface area contributed by atoms with Crippen LogP contribution in [-0.4, -0.2) is 29.8 Å². The molecule has 0 aliphatic rings. The summed E-state index contributed by atoms with van der Waals surface area (Å²) in [6.45, 7) is 0. The van der Waals surface area contributed by atoms with Crippen LogP contribution >= 0.6 is 11.6 Å². The Balaban J connectivity index is 2.28. The van der Waals surface area contributed by atoms with Gasteiger partial charge in [0.05, 0.1) is 16.8 Å². The predicted octanol–water partition coefficient (Wildman–Crippen LogP) is 1.15. The van der Waals surface area contributed by atoms with E-state index in [1.54, 1.807) is 12.1 Å². The number of ether oxygens (including phenoxy) is 1. The Morgan fingerprint density at radius 1 is 1.40 bits per heavy atom. The number of hydrogen-bond donors (Lipinski definition) is 1. The minimum Gasteiger partial charge on any atom is -0.402 e. The summed E-state index contributed by atoms with van der Waals surface area (Å²) in [5, 5.41) is 3.81. The fourth-order valence-corrected chi connectivity index (χ4v) is 2.33. The molecule has 0 saturated carbocycles. The molecule has 0 unspecified atom stereocenters. The SMILES string of the molecule is CS(=O)(=O)n1nc(OC(=O)c2ccccc2Cl)cc1N. The molecule has 7 nitrogen and oxygen atoms in total. The highest BCUT2D eigenvalue weighted by atomic mass is 35.5. The number of nitrogens with zero attached hydrogens (tertiary/aromatic N) is 2. The molecule has 0 saturated heterocycles. The number of esters is 1. The van der Waals surface area contributed by atoms with E-state index in [4.69, 9.17) is 22.1 Å². The van der Waals surface area contributed by atoms with Gasteiger partial charge in [-0.1, -0.05) is 23.7 Å². The van der Waals surface area contributed by atoms with Crippen LogP contribution in [0.1, 0.15) is 10.4 Å². The lowest BCUT2D eigenvalue weighted by Crippen LogP contribution is -2.15. The van der Waals surface area contributed by atoms with E-state index >= 15 is 0 Å². The third kappa shape index (κ3) is 2.91. The van der Waals surface area contributed by atoms with Gasteiger partial charge in [0.1, 0.15) is 5.82 Å². The van der Waals surface area contributed by atoms with Gasteiger partial charge in [-0.2, -0.15) is 0 Å². The maximum absolute atomic E-state index is 11.9. The number of halogens is 1. The van der Waals surface area contributed by atoms with Gasteiger partial charge in [0.2, 0.25) is 5.88 Å². The van der Waals surface area contributed by atoms with Gasteiger partial charge in [-0.3, -0.25) is 0 Å². The molecule has 1 aromatic heterocycles. The largest absolute Gasteiger partial charge is 0.402 e. The zero-order chi connectivity index (χ0) is 14.9. The van der Waals surface area contributed by atoms with Crippen LogP contribution < -0.4 is 10.5 Å². The standard InChI is InChI=1S/C11H10ClN3O4S/c1-20(17,18)15-9(13)6-10(14-15)19-11(16)7-4-2-3-5-8(7)12/h2-6H,13H2,1H3. The van der Waals surface area contributed by atoms with Gasteiger partial charge in [0.25, 0.3) is 10.0 Å². The van der Waals surface area contributed by atoms with Crippen molar-refractivity contribution < 1.29 is 17.9 Å². The van der Waals surface area contributed by atoms with E-state index < -0.39 is 16.0 Å². The molecule has 0 atom stereocenters. The second-order valence-electron chi connectivity index (χ2n) is 3.88. The van der Waals surface area contributed by atoms with E-state index in [1.165, 1.54) is 12.1 Å². The number of anilines is 1. The monoisotopic (exact) mass is 315 g/mol. The van der Waals surface area contributed by atoms with Crippen LogP contribution in [0.3, 0.4) is 0 Å². The van der Waals surface area contributed by atoms with E-state index in [-0.39, 0.29) is 22.3 Å². The van der Waals surface area contributed by atoms with Gasteiger partial charge in [0, 0.05) is 6.07 Å². The van der Waals surface area contributed by atoms with Gasteiger partial charge in [-0.05, 0) is 12.1 Å². The molecule has 20 heavy (non-hydrogen) atoms.